The van der Waals surface area contributed by atoms with Crippen molar-refractivity contribution in [1.82, 2.24) is 4.98 Å². The molecular formula is C14H20N2O. The number of hydrogen-bond acceptors (Lipinski definition) is 3. The molecule has 0 aliphatic heterocycles. The van der Waals surface area contributed by atoms with Crippen molar-refractivity contribution in [3.63, 3.8) is 0 Å². The Morgan fingerprint density at radius 2 is 2.06 bits per heavy atom. The van der Waals surface area contributed by atoms with Gasteiger partial charge in [-0.05, 0) is 39.8 Å². The van der Waals surface area contributed by atoms with Gasteiger partial charge in [0.2, 0.25) is 0 Å². The van der Waals surface area contributed by atoms with Crippen LogP contribution < -0.4 is 10.5 Å². The molecule has 1 rings (SSSR count). The van der Waals surface area contributed by atoms with Gasteiger partial charge in [0.15, 0.2) is 0 Å². The molecule has 0 aromatic carbocycles. The number of aromatic nitrogens is 1. The smallest absolute Gasteiger partial charge is 0.149 e. The quantitative estimate of drug-likeness (QED) is 0.813. The van der Waals surface area contributed by atoms with Gasteiger partial charge in [0.1, 0.15) is 12.4 Å². The normalized spacial score (nSPS) is 10.6. The Bertz CT molecular complexity index is 436. The van der Waals surface area contributed by atoms with E-state index < -0.39 is 0 Å². The third kappa shape index (κ3) is 4.88. The van der Waals surface area contributed by atoms with Gasteiger partial charge in [-0.15, -0.1) is 0 Å². The highest BCUT2D eigenvalue weighted by molar-refractivity contribution is 5.29. The number of nitrogens with two attached hydrogens (primary N) is 1. The van der Waals surface area contributed by atoms with Gasteiger partial charge >= 0.3 is 0 Å². The van der Waals surface area contributed by atoms with Crippen molar-refractivity contribution in [3.8, 4) is 17.6 Å². The summed E-state index contributed by atoms with van der Waals surface area (Å²) in [5, 5.41) is 0. The first-order valence-corrected chi connectivity index (χ1v) is 5.72. The average Bonchev–Trinajstić information content (AvgIpc) is 2.24. The zero-order valence-electron chi connectivity index (χ0n) is 11.0. The molecule has 3 heteroatoms. The van der Waals surface area contributed by atoms with Gasteiger partial charge in [0, 0.05) is 17.7 Å². The molecule has 0 saturated carbocycles. The lowest BCUT2D eigenvalue weighted by molar-refractivity contribution is 0.362. The van der Waals surface area contributed by atoms with Crippen LogP contribution in [0.25, 0.3) is 0 Å². The van der Waals surface area contributed by atoms with Gasteiger partial charge in [0.25, 0.3) is 0 Å². The van der Waals surface area contributed by atoms with E-state index in [0.717, 1.165) is 17.1 Å². The van der Waals surface area contributed by atoms with E-state index in [1.807, 2.05) is 19.1 Å². The van der Waals surface area contributed by atoms with Crippen molar-refractivity contribution in [2.75, 3.05) is 6.61 Å². The topological polar surface area (TPSA) is 48.1 Å². The molecule has 1 heterocycles. The lowest BCUT2D eigenvalue weighted by Gasteiger charge is -2.09. The maximum Gasteiger partial charge on any atom is 0.149 e. The van der Waals surface area contributed by atoms with E-state index >= 15 is 0 Å². The Kier molecular flexibility index (Phi) is 4.53. The highest BCUT2D eigenvalue weighted by Crippen LogP contribution is 2.16. The van der Waals surface area contributed by atoms with Gasteiger partial charge in [-0.3, -0.25) is 4.98 Å². The minimum absolute atomic E-state index is 0.00554. The second-order valence-electron chi connectivity index (χ2n) is 4.94. The Labute approximate surface area is 103 Å². The third-order valence-corrected chi connectivity index (χ3v) is 2.03. The molecule has 2 N–H and O–H groups in total. The predicted molar refractivity (Wildman–Crippen MR) is 69.6 cm³/mol. The molecule has 0 saturated heterocycles. The Hall–Kier alpha value is -1.53. The second-order valence-corrected chi connectivity index (χ2v) is 4.94. The summed E-state index contributed by atoms with van der Waals surface area (Å²) in [6.07, 6.45) is 0. The van der Waals surface area contributed by atoms with Gasteiger partial charge in [-0.1, -0.05) is 11.8 Å². The summed E-state index contributed by atoms with van der Waals surface area (Å²) in [6, 6.07) is 3.80. The third-order valence-electron chi connectivity index (χ3n) is 2.03. The fourth-order valence-electron chi connectivity index (χ4n) is 1.29. The van der Waals surface area contributed by atoms with Crippen LogP contribution in [0.3, 0.4) is 0 Å². The van der Waals surface area contributed by atoms with Crippen LogP contribution in [0.5, 0.6) is 5.75 Å². The molecular weight excluding hydrogens is 212 g/mol. The van der Waals surface area contributed by atoms with Gasteiger partial charge in [-0.25, -0.2) is 0 Å². The highest BCUT2D eigenvalue weighted by atomic mass is 16.5. The molecule has 0 aliphatic carbocycles. The van der Waals surface area contributed by atoms with E-state index in [2.05, 4.69) is 37.6 Å². The summed E-state index contributed by atoms with van der Waals surface area (Å²) < 4.78 is 5.56. The van der Waals surface area contributed by atoms with E-state index in [1.165, 1.54) is 0 Å². The Morgan fingerprint density at radius 3 is 2.65 bits per heavy atom. The van der Waals surface area contributed by atoms with Crippen LogP contribution in [0.2, 0.25) is 0 Å². The van der Waals surface area contributed by atoms with Crippen LogP contribution in [0.15, 0.2) is 12.1 Å². The van der Waals surface area contributed by atoms with Crippen LogP contribution in [0.4, 0.5) is 0 Å². The monoisotopic (exact) mass is 232 g/mol. The lowest BCUT2D eigenvalue weighted by Crippen LogP contribution is -2.06. The van der Waals surface area contributed by atoms with E-state index in [0.29, 0.717) is 13.2 Å². The van der Waals surface area contributed by atoms with Crippen LogP contribution in [0, 0.1) is 24.2 Å². The zero-order chi connectivity index (χ0) is 12.9. The molecule has 3 nitrogen and oxygen atoms in total. The lowest BCUT2D eigenvalue weighted by atomic mass is 9.98. The molecule has 17 heavy (non-hydrogen) atoms. The zero-order valence-corrected chi connectivity index (χ0v) is 11.0. The first-order chi connectivity index (χ1) is 7.92. The van der Waals surface area contributed by atoms with E-state index in [-0.39, 0.29) is 5.41 Å². The molecule has 0 atom stereocenters. The standard InChI is InChI=1S/C14H20N2O/c1-11-6-7-13(12(10-15)16-11)17-9-5-8-14(2,3)4/h6-7H,9-10,15H2,1-4H3. The number of rotatable bonds is 3. The molecule has 0 radical (unpaired) electrons. The van der Waals surface area contributed by atoms with Gasteiger partial charge in [0.05, 0.1) is 5.69 Å². The Balaban J connectivity index is 2.66. The number of aryl methyl sites for hydroxylation is 1. The van der Waals surface area contributed by atoms with Crippen LogP contribution in [-0.4, -0.2) is 11.6 Å². The number of ether oxygens (including phenoxy) is 1. The molecule has 0 bridgehead atoms. The average molecular weight is 232 g/mol. The van der Waals surface area contributed by atoms with Crippen molar-refractivity contribution in [2.45, 2.75) is 34.2 Å². The summed E-state index contributed by atoms with van der Waals surface area (Å²) in [7, 11) is 0. The van der Waals surface area contributed by atoms with Crippen LogP contribution >= 0.6 is 0 Å². The van der Waals surface area contributed by atoms with Crippen LogP contribution in [-0.2, 0) is 6.54 Å². The molecule has 92 valence electrons. The predicted octanol–water partition coefficient (Wildman–Crippen LogP) is 2.28. The molecule has 0 fully saturated rings. The van der Waals surface area contributed by atoms with Gasteiger partial charge in [-0.2, -0.15) is 0 Å². The molecule has 1 aromatic rings. The molecule has 0 aliphatic rings. The van der Waals surface area contributed by atoms with Crippen molar-refractivity contribution in [2.24, 2.45) is 11.1 Å². The van der Waals surface area contributed by atoms with Crippen molar-refractivity contribution in [3.05, 3.63) is 23.5 Å². The summed E-state index contributed by atoms with van der Waals surface area (Å²) in [5.74, 6) is 6.84. The maximum atomic E-state index is 5.61. The van der Waals surface area contributed by atoms with Gasteiger partial charge < -0.3 is 10.5 Å². The van der Waals surface area contributed by atoms with Crippen LogP contribution in [0.1, 0.15) is 32.2 Å². The first-order valence-electron chi connectivity index (χ1n) is 5.72. The fourth-order valence-corrected chi connectivity index (χ4v) is 1.29. The number of pyridine rings is 1. The first kappa shape index (κ1) is 13.5. The molecule has 0 unspecified atom stereocenters. The number of hydrogen-bond donors (Lipinski definition) is 1. The van der Waals surface area contributed by atoms with E-state index in [4.69, 9.17) is 10.5 Å². The molecule has 0 spiro atoms. The largest absolute Gasteiger partial charge is 0.479 e. The second kappa shape index (κ2) is 5.70. The highest BCUT2D eigenvalue weighted by Gasteiger charge is 2.04. The van der Waals surface area contributed by atoms with Crippen molar-refractivity contribution >= 4 is 0 Å². The van der Waals surface area contributed by atoms with E-state index in [1.54, 1.807) is 0 Å². The minimum atomic E-state index is 0.00554. The number of nitrogens with zero attached hydrogens (tertiary/aromatic N) is 1. The summed E-state index contributed by atoms with van der Waals surface area (Å²) >= 11 is 0. The summed E-state index contributed by atoms with van der Waals surface area (Å²) in [6.45, 7) is 8.89. The van der Waals surface area contributed by atoms with Crippen molar-refractivity contribution in [1.29, 1.82) is 0 Å². The van der Waals surface area contributed by atoms with Crippen molar-refractivity contribution < 1.29 is 4.74 Å². The Morgan fingerprint density at radius 1 is 1.35 bits per heavy atom. The maximum absolute atomic E-state index is 5.61. The summed E-state index contributed by atoms with van der Waals surface area (Å²) in [5.41, 5.74) is 7.34. The minimum Gasteiger partial charge on any atom is -0.479 e. The van der Waals surface area contributed by atoms with E-state index in [9.17, 15) is 0 Å². The fraction of sp³-hybridized carbons (Fsp3) is 0.500. The molecule has 1 aromatic heterocycles. The SMILES string of the molecule is Cc1ccc(OCC#CC(C)(C)C)c(CN)n1. The molecule has 0 amide bonds. The summed E-state index contributed by atoms with van der Waals surface area (Å²) in [4.78, 5) is 4.32.